The molecule has 3 rings (SSSR count). The number of fused-ring (bicyclic) bond motifs is 1. The number of aromatic nitrogens is 3. The molecule has 0 aliphatic carbocycles. The Morgan fingerprint density at radius 1 is 1.21 bits per heavy atom. The van der Waals surface area contributed by atoms with Crippen molar-refractivity contribution >= 4 is 49.2 Å². The summed E-state index contributed by atoms with van der Waals surface area (Å²) in [6.45, 7) is 2.05. The Kier molecular flexibility index (Phi) is 3.81. The summed E-state index contributed by atoms with van der Waals surface area (Å²) in [6.07, 6.45) is 0.826. The fraction of sp³-hybridized carbons (Fsp3) is 0.154. The van der Waals surface area contributed by atoms with Gasteiger partial charge in [-0.1, -0.05) is 19.1 Å². The van der Waals surface area contributed by atoms with Crippen LogP contribution in [0.25, 0.3) is 10.2 Å². The maximum atomic E-state index is 4.60. The molecular formula is C13H10BrN3S2. The molecule has 6 heteroatoms. The van der Waals surface area contributed by atoms with Gasteiger partial charge < -0.3 is 0 Å². The van der Waals surface area contributed by atoms with Crippen LogP contribution in [0.5, 0.6) is 0 Å². The third kappa shape index (κ3) is 2.96. The molecule has 0 bridgehead atoms. The predicted octanol–water partition coefficient (Wildman–Crippen LogP) is 4.56. The minimum Gasteiger partial charge on any atom is -0.229 e. The molecule has 0 atom stereocenters. The van der Waals surface area contributed by atoms with Crippen molar-refractivity contribution in [2.75, 3.05) is 0 Å². The van der Waals surface area contributed by atoms with Crippen molar-refractivity contribution in [3.05, 3.63) is 40.8 Å². The maximum Gasteiger partial charge on any atom is 0.157 e. The second-order valence-electron chi connectivity index (χ2n) is 3.85. The smallest absolute Gasteiger partial charge is 0.157 e. The molecule has 96 valence electrons. The molecule has 0 saturated heterocycles. The monoisotopic (exact) mass is 351 g/mol. The number of aryl methyl sites for hydroxylation is 1. The van der Waals surface area contributed by atoms with Gasteiger partial charge in [0.1, 0.15) is 15.5 Å². The normalized spacial score (nSPS) is 11.1. The van der Waals surface area contributed by atoms with Crippen molar-refractivity contribution in [3.8, 4) is 0 Å². The van der Waals surface area contributed by atoms with E-state index < -0.39 is 0 Å². The molecule has 19 heavy (non-hydrogen) atoms. The third-order valence-electron chi connectivity index (χ3n) is 2.50. The summed E-state index contributed by atoms with van der Waals surface area (Å²) in [5.74, 6) is 0.845. The minimum atomic E-state index is 0.822. The average Bonchev–Trinajstić information content (AvgIpc) is 2.80. The Morgan fingerprint density at radius 3 is 2.84 bits per heavy atom. The van der Waals surface area contributed by atoms with Crippen LogP contribution >= 0.6 is 39.0 Å². The molecule has 0 aliphatic heterocycles. The lowest BCUT2D eigenvalue weighted by atomic mass is 10.3. The van der Waals surface area contributed by atoms with Crippen LogP contribution in [0.3, 0.4) is 0 Å². The number of benzene rings is 1. The molecular weight excluding hydrogens is 342 g/mol. The van der Waals surface area contributed by atoms with E-state index in [0.29, 0.717) is 0 Å². The van der Waals surface area contributed by atoms with Crippen LogP contribution in [0.2, 0.25) is 0 Å². The molecule has 0 spiro atoms. The molecule has 0 saturated carbocycles. The van der Waals surface area contributed by atoms with Crippen molar-refractivity contribution < 1.29 is 0 Å². The lowest BCUT2D eigenvalue weighted by molar-refractivity contribution is 0.877. The van der Waals surface area contributed by atoms with Gasteiger partial charge in [-0.05, 0) is 39.8 Å². The van der Waals surface area contributed by atoms with E-state index in [0.717, 1.165) is 31.7 Å². The van der Waals surface area contributed by atoms with E-state index in [9.17, 15) is 0 Å². The summed E-state index contributed by atoms with van der Waals surface area (Å²) >= 11 is 6.69. The van der Waals surface area contributed by atoms with Crippen LogP contribution in [-0.2, 0) is 6.42 Å². The van der Waals surface area contributed by atoms with E-state index in [1.807, 2.05) is 31.2 Å². The van der Waals surface area contributed by atoms with Crippen molar-refractivity contribution in [1.29, 1.82) is 0 Å². The van der Waals surface area contributed by atoms with Crippen LogP contribution in [0.1, 0.15) is 12.7 Å². The third-order valence-corrected chi connectivity index (χ3v) is 4.92. The fourth-order valence-corrected chi connectivity index (χ4v) is 4.24. The Morgan fingerprint density at radius 2 is 2.05 bits per heavy atom. The largest absolute Gasteiger partial charge is 0.229 e. The molecule has 2 aromatic heterocycles. The molecule has 0 fully saturated rings. The first kappa shape index (κ1) is 13.0. The lowest BCUT2D eigenvalue weighted by Gasteiger charge is -2.01. The van der Waals surface area contributed by atoms with E-state index in [-0.39, 0.29) is 0 Å². The standard InChI is InChI=1S/C13H10BrN3S2/c1-2-11-16-10(14)7-12(17-11)19-13-15-8-5-3-4-6-9(8)18-13/h3-7H,2H2,1H3. The van der Waals surface area contributed by atoms with Gasteiger partial charge in [-0.15, -0.1) is 11.3 Å². The number of hydrogen-bond donors (Lipinski definition) is 0. The highest BCUT2D eigenvalue weighted by Gasteiger charge is 2.08. The highest BCUT2D eigenvalue weighted by atomic mass is 79.9. The molecule has 3 aromatic rings. The number of para-hydroxylation sites is 1. The Bertz CT molecular complexity index is 694. The van der Waals surface area contributed by atoms with Gasteiger partial charge in [0.25, 0.3) is 0 Å². The molecule has 2 heterocycles. The van der Waals surface area contributed by atoms with Gasteiger partial charge in [0, 0.05) is 12.5 Å². The molecule has 0 N–H and O–H groups in total. The number of thiazole rings is 1. The van der Waals surface area contributed by atoms with Crippen molar-refractivity contribution in [2.45, 2.75) is 22.7 Å². The molecule has 0 unspecified atom stereocenters. The molecule has 3 nitrogen and oxygen atoms in total. The van der Waals surface area contributed by atoms with Crippen LogP contribution in [0.4, 0.5) is 0 Å². The summed E-state index contributed by atoms with van der Waals surface area (Å²) in [5, 5.41) is 0.929. The van der Waals surface area contributed by atoms with E-state index in [4.69, 9.17) is 0 Å². The van der Waals surface area contributed by atoms with Gasteiger partial charge in [0.2, 0.25) is 0 Å². The molecule has 0 aliphatic rings. The molecule has 1 aromatic carbocycles. The summed E-state index contributed by atoms with van der Waals surface area (Å²) in [6, 6.07) is 10.1. The second-order valence-corrected chi connectivity index (χ2v) is 6.96. The van der Waals surface area contributed by atoms with Crippen LogP contribution in [0, 0.1) is 0 Å². The van der Waals surface area contributed by atoms with Gasteiger partial charge in [-0.25, -0.2) is 15.0 Å². The van der Waals surface area contributed by atoms with E-state index >= 15 is 0 Å². The Labute approximate surface area is 127 Å². The topological polar surface area (TPSA) is 38.7 Å². The SMILES string of the molecule is CCc1nc(Br)cc(Sc2nc3ccccc3s2)n1. The van der Waals surface area contributed by atoms with Gasteiger partial charge in [-0.3, -0.25) is 0 Å². The lowest BCUT2D eigenvalue weighted by Crippen LogP contribution is -1.94. The number of hydrogen-bond acceptors (Lipinski definition) is 5. The van der Waals surface area contributed by atoms with Crippen molar-refractivity contribution in [3.63, 3.8) is 0 Å². The van der Waals surface area contributed by atoms with E-state index in [1.54, 1.807) is 23.1 Å². The van der Waals surface area contributed by atoms with Crippen molar-refractivity contribution in [2.24, 2.45) is 0 Å². The van der Waals surface area contributed by atoms with E-state index in [2.05, 4.69) is 36.9 Å². The first-order valence-corrected chi connectivity index (χ1v) is 8.24. The predicted molar refractivity (Wildman–Crippen MR) is 82.9 cm³/mol. The summed E-state index contributed by atoms with van der Waals surface area (Å²) in [5.41, 5.74) is 1.04. The Hall–Kier alpha value is -0.980. The van der Waals surface area contributed by atoms with Gasteiger partial charge in [0.05, 0.1) is 10.2 Å². The zero-order valence-corrected chi connectivity index (χ0v) is 13.3. The molecule has 0 amide bonds. The summed E-state index contributed by atoms with van der Waals surface area (Å²) in [7, 11) is 0. The first-order chi connectivity index (χ1) is 9.24. The highest BCUT2D eigenvalue weighted by Crippen LogP contribution is 2.33. The zero-order chi connectivity index (χ0) is 13.2. The maximum absolute atomic E-state index is 4.60. The molecule has 0 radical (unpaired) electrons. The van der Waals surface area contributed by atoms with Crippen LogP contribution < -0.4 is 0 Å². The summed E-state index contributed by atoms with van der Waals surface area (Å²) < 4.78 is 3.03. The second kappa shape index (κ2) is 5.56. The minimum absolute atomic E-state index is 0.822. The first-order valence-electron chi connectivity index (χ1n) is 5.81. The Balaban J connectivity index is 1.94. The highest BCUT2D eigenvalue weighted by molar-refractivity contribution is 9.10. The average molecular weight is 352 g/mol. The fourth-order valence-electron chi connectivity index (χ4n) is 1.64. The number of rotatable bonds is 3. The van der Waals surface area contributed by atoms with Gasteiger partial charge in [-0.2, -0.15) is 0 Å². The van der Waals surface area contributed by atoms with E-state index in [1.165, 1.54) is 4.70 Å². The number of halogens is 1. The zero-order valence-electron chi connectivity index (χ0n) is 10.1. The van der Waals surface area contributed by atoms with Crippen molar-refractivity contribution in [1.82, 2.24) is 15.0 Å². The van der Waals surface area contributed by atoms with Crippen LogP contribution in [-0.4, -0.2) is 15.0 Å². The van der Waals surface area contributed by atoms with Crippen LogP contribution in [0.15, 0.2) is 44.3 Å². The number of nitrogens with zero attached hydrogens (tertiary/aromatic N) is 3. The van der Waals surface area contributed by atoms with Gasteiger partial charge in [0.15, 0.2) is 4.34 Å². The van der Waals surface area contributed by atoms with Gasteiger partial charge >= 0.3 is 0 Å². The quantitative estimate of drug-likeness (QED) is 0.648. The summed E-state index contributed by atoms with van der Waals surface area (Å²) in [4.78, 5) is 13.4.